The third-order valence-electron chi connectivity index (χ3n) is 2.96. The van der Waals surface area contributed by atoms with Gasteiger partial charge in [-0.2, -0.15) is 0 Å². The first-order valence-electron chi connectivity index (χ1n) is 6.52. The minimum atomic E-state index is -0.402. The van der Waals surface area contributed by atoms with Gasteiger partial charge in [0.05, 0.1) is 23.0 Å². The number of amides is 2. The van der Waals surface area contributed by atoms with Crippen LogP contribution in [0.25, 0.3) is 0 Å². The van der Waals surface area contributed by atoms with E-state index in [4.69, 9.17) is 0 Å². The van der Waals surface area contributed by atoms with Crippen molar-refractivity contribution in [3.8, 4) is 0 Å². The Morgan fingerprint density at radius 3 is 3.11 bits per heavy atom. The summed E-state index contributed by atoms with van der Waals surface area (Å²) in [7, 11) is 0. The Labute approximate surface area is 117 Å². The minimum Gasteiger partial charge on any atom is -0.391 e. The van der Waals surface area contributed by atoms with Crippen LogP contribution in [0.5, 0.6) is 0 Å². The monoisotopic (exact) mass is 281 g/mol. The molecule has 0 spiro atoms. The lowest BCUT2D eigenvalue weighted by molar-refractivity contribution is 0.0883. The van der Waals surface area contributed by atoms with Gasteiger partial charge in [0.25, 0.3) is 0 Å². The number of aliphatic hydroxyl groups excluding tert-OH is 1. The zero-order valence-electron chi connectivity index (χ0n) is 11.0. The molecule has 1 atom stereocenters. The van der Waals surface area contributed by atoms with Crippen LogP contribution in [-0.2, 0) is 0 Å². The first kappa shape index (κ1) is 14.1. The predicted molar refractivity (Wildman–Crippen MR) is 76.5 cm³/mol. The van der Waals surface area contributed by atoms with E-state index in [1.807, 2.05) is 12.1 Å². The highest BCUT2D eigenvalue weighted by Crippen LogP contribution is 2.17. The van der Waals surface area contributed by atoms with Gasteiger partial charge < -0.3 is 15.3 Å². The molecule has 0 aliphatic carbocycles. The van der Waals surface area contributed by atoms with Gasteiger partial charge >= 0.3 is 6.03 Å². The van der Waals surface area contributed by atoms with Crippen molar-refractivity contribution in [1.29, 1.82) is 0 Å². The number of hydrogen-bond acceptors (Lipinski definition) is 4. The molecule has 0 radical (unpaired) electrons. The second-order valence-electron chi connectivity index (χ2n) is 4.49. The number of likely N-dealkylation sites (tertiary alicyclic amines) is 1. The van der Waals surface area contributed by atoms with Crippen molar-refractivity contribution in [2.45, 2.75) is 30.9 Å². The van der Waals surface area contributed by atoms with Gasteiger partial charge in [-0.05, 0) is 30.7 Å². The maximum atomic E-state index is 12.0. The number of anilines is 1. The maximum absolute atomic E-state index is 12.0. The molecule has 19 heavy (non-hydrogen) atoms. The van der Waals surface area contributed by atoms with Crippen LogP contribution >= 0.6 is 11.8 Å². The number of nitrogens with one attached hydrogen (secondary N) is 1. The Morgan fingerprint density at radius 2 is 2.47 bits per heavy atom. The second-order valence-corrected chi connectivity index (χ2v) is 5.77. The van der Waals surface area contributed by atoms with Gasteiger partial charge in [0.15, 0.2) is 0 Å². The fraction of sp³-hybridized carbons (Fsp3) is 0.538. The quantitative estimate of drug-likeness (QED) is 0.834. The summed E-state index contributed by atoms with van der Waals surface area (Å²) in [4.78, 5) is 17.9. The molecular weight excluding hydrogens is 262 g/mol. The maximum Gasteiger partial charge on any atom is 0.321 e. The lowest BCUT2D eigenvalue weighted by atomic mass is 10.1. The number of pyridine rings is 1. The van der Waals surface area contributed by atoms with Crippen LogP contribution in [0.3, 0.4) is 0 Å². The highest BCUT2D eigenvalue weighted by molar-refractivity contribution is 7.99. The predicted octanol–water partition coefficient (Wildman–Crippen LogP) is 2.18. The molecule has 2 heterocycles. The summed E-state index contributed by atoms with van der Waals surface area (Å²) in [6, 6.07) is 3.58. The van der Waals surface area contributed by atoms with Crippen molar-refractivity contribution in [1.82, 2.24) is 9.88 Å². The van der Waals surface area contributed by atoms with Gasteiger partial charge in [-0.25, -0.2) is 9.78 Å². The van der Waals surface area contributed by atoms with E-state index < -0.39 is 6.10 Å². The topological polar surface area (TPSA) is 65.5 Å². The Hall–Kier alpha value is -1.27. The normalized spacial score (nSPS) is 19.3. The summed E-state index contributed by atoms with van der Waals surface area (Å²) < 4.78 is 0. The molecule has 6 heteroatoms. The smallest absolute Gasteiger partial charge is 0.321 e. The van der Waals surface area contributed by atoms with Gasteiger partial charge in [0.1, 0.15) is 0 Å². The summed E-state index contributed by atoms with van der Waals surface area (Å²) in [5.41, 5.74) is 0.686. The molecule has 1 saturated heterocycles. The first-order chi connectivity index (χ1) is 9.19. The highest BCUT2D eigenvalue weighted by atomic mass is 32.2. The SMILES string of the molecule is CCSc1ccc(NC(=O)N2CCC[C@@H](O)C2)cn1. The molecule has 1 aliphatic rings. The summed E-state index contributed by atoms with van der Waals surface area (Å²) in [5.74, 6) is 0.977. The van der Waals surface area contributed by atoms with E-state index in [2.05, 4.69) is 17.2 Å². The lowest BCUT2D eigenvalue weighted by Gasteiger charge is -2.30. The summed E-state index contributed by atoms with van der Waals surface area (Å²) in [5, 5.41) is 13.3. The fourth-order valence-corrected chi connectivity index (χ4v) is 2.62. The molecule has 5 nitrogen and oxygen atoms in total. The summed E-state index contributed by atoms with van der Waals surface area (Å²) in [6.45, 7) is 3.17. The third kappa shape index (κ3) is 4.11. The molecule has 104 valence electrons. The van der Waals surface area contributed by atoms with Crippen molar-refractivity contribution in [2.24, 2.45) is 0 Å². The Kier molecular flexibility index (Phi) is 5.04. The molecule has 1 fully saturated rings. The molecular formula is C13H19N3O2S. The lowest BCUT2D eigenvalue weighted by Crippen LogP contribution is -2.44. The second kappa shape index (κ2) is 6.77. The van der Waals surface area contributed by atoms with E-state index in [9.17, 15) is 9.90 Å². The fourth-order valence-electron chi connectivity index (χ4n) is 2.03. The minimum absolute atomic E-state index is 0.170. The third-order valence-corrected chi connectivity index (χ3v) is 3.79. The molecule has 2 N–H and O–H groups in total. The van der Waals surface area contributed by atoms with Crippen LogP contribution in [0.4, 0.5) is 10.5 Å². The Balaban J connectivity index is 1.90. The number of aliphatic hydroxyl groups is 1. The number of piperidine rings is 1. The van der Waals surface area contributed by atoms with Crippen molar-refractivity contribution >= 4 is 23.5 Å². The standard InChI is InChI=1S/C13H19N3O2S/c1-2-19-12-6-5-10(8-14-12)15-13(18)16-7-3-4-11(17)9-16/h5-6,8,11,17H,2-4,7,9H2,1H3,(H,15,18)/t11-/m1/s1. The van der Waals surface area contributed by atoms with E-state index in [0.29, 0.717) is 18.8 Å². The van der Waals surface area contributed by atoms with Gasteiger partial charge in [-0.3, -0.25) is 0 Å². The molecule has 1 aliphatic heterocycles. The number of hydrogen-bond donors (Lipinski definition) is 2. The molecule has 0 aromatic carbocycles. The van der Waals surface area contributed by atoms with Crippen molar-refractivity contribution < 1.29 is 9.90 Å². The van der Waals surface area contributed by atoms with E-state index in [0.717, 1.165) is 23.6 Å². The van der Waals surface area contributed by atoms with E-state index in [1.54, 1.807) is 22.9 Å². The van der Waals surface area contributed by atoms with E-state index in [-0.39, 0.29) is 6.03 Å². The molecule has 1 aromatic rings. The summed E-state index contributed by atoms with van der Waals surface area (Å²) >= 11 is 1.66. The number of carbonyl (C=O) groups excluding carboxylic acids is 1. The average Bonchev–Trinajstić information content (AvgIpc) is 2.41. The Morgan fingerprint density at radius 1 is 1.63 bits per heavy atom. The van der Waals surface area contributed by atoms with Crippen LogP contribution < -0.4 is 5.32 Å². The zero-order valence-corrected chi connectivity index (χ0v) is 11.8. The van der Waals surface area contributed by atoms with E-state index >= 15 is 0 Å². The van der Waals surface area contributed by atoms with Crippen LogP contribution in [-0.4, -0.2) is 46.0 Å². The summed E-state index contributed by atoms with van der Waals surface area (Å²) in [6.07, 6.45) is 2.88. The van der Waals surface area contributed by atoms with Gasteiger partial charge in [0, 0.05) is 13.1 Å². The Bertz CT molecular complexity index is 424. The highest BCUT2D eigenvalue weighted by Gasteiger charge is 2.21. The molecule has 1 aromatic heterocycles. The number of thioether (sulfide) groups is 1. The first-order valence-corrected chi connectivity index (χ1v) is 7.50. The number of aromatic nitrogens is 1. The number of nitrogens with zero attached hydrogens (tertiary/aromatic N) is 2. The molecule has 2 rings (SSSR count). The van der Waals surface area contributed by atoms with Crippen LogP contribution in [0.1, 0.15) is 19.8 Å². The number of urea groups is 1. The van der Waals surface area contributed by atoms with E-state index in [1.165, 1.54) is 0 Å². The van der Waals surface area contributed by atoms with Crippen LogP contribution in [0.15, 0.2) is 23.4 Å². The molecule has 0 bridgehead atoms. The number of carbonyl (C=O) groups is 1. The van der Waals surface area contributed by atoms with Crippen molar-refractivity contribution in [3.05, 3.63) is 18.3 Å². The van der Waals surface area contributed by atoms with Crippen LogP contribution in [0.2, 0.25) is 0 Å². The largest absolute Gasteiger partial charge is 0.391 e. The van der Waals surface area contributed by atoms with Crippen molar-refractivity contribution in [3.63, 3.8) is 0 Å². The van der Waals surface area contributed by atoms with Gasteiger partial charge in [-0.15, -0.1) is 11.8 Å². The van der Waals surface area contributed by atoms with Gasteiger partial charge in [0.2, 0.25) is 0 Å². The zero-order chi connectivity index (χ0) is 13.7. The van der Waals surface area contributed by atoms with Crippen LogP contribution in [0, 0.1) is 0 Å². The molecule has 0 saturated carbocycles. The molecule has 2 amide bonds. The van der Waals surface area contributed by atoms with Gasteiger partial charge in [-0.1, -0.05) is 6.92 Å². The number of β-amino-alcohol motifs (C(OH)–C–C–N with tert-alkyl or cyclic N) is 1. The average molecular weight is 281 g/mol. The number of rotatable bonds is 3. The molecule has 0 unspecified atom stereocenters. The van der Waals surface area contributed by atoms with Crippen molar-refractivity contribution in [2.75, 3.05) is 24.2 Å².